The van der Waals surface area contributed by atoms with E-state index in [0.717, 1.165) is 23.8 Å². The van der Waals surface area contributed by atoms with Gasteiger partial charge in [0, 0.05) is 24.0 Å². The standard InChI is InChI=1S/C14H25N3S/c1-4-13(10-18-3)17-9-11(2)15-14(17)16-12-7-5-6-8-12/h9,12-13H,4-8,10H2,1-3H3,(H,15,16). The van der Waals surface area contributed by atoms with Crippen LogP contribution in [0.15, 0.2) is 6.20 Å². The topological polar surface area (TPSA) is 29.9 Å². The van der Waals surface area contributed by atoms with Crippen molar-refractivity contribution in [2.45, 2.75) is 58.0 Å². The number of imidazole rings is 1. The van der Waals surface area contributed by atoms with Crippen molar-refractivity contribution in [1.29, 1.82) is 0 Å². The molecular weight excluding hydrogens is 242 g/mol. The van der Waals surface area contributed by atoms with Gasteiger partial charge in [0.15, 0.2) is 0 Å². The number of thioether (sulfide) groups is 1. The van der Waals surface area contributed by atoms with Crippen molar-refractivity contribution in [2.75, 3.05) is 17.3 Å². The Bertz CT molecular complexity index is 369. The minimum atomic E-state index is 0.560. The highest BCUT2D eigenvalue weighted by atomic mass is 32.2. The number of anilines is 1. The summed E-state index contributed by atoms with van der Waals surface area (Å²) >= 11 is 1.91. The first-order chi connectivity index (χ1) is 8.74. The summed E-state index contributed by atoms with van der Waals surface area (Å²) in [5, 5.41) is 3.65. The summed E-state index contributed by atoms with van der Waals surface area (Å²) in [7, 11) is 0. The van der Waals surface area contributed by atoms with Gasteiger partial charge < -0.3 is 9.88 Å². The lowest BCUT2D eigenvalue weighted by atomic mass is 10.2. The fourth-order valence-electron chi connectivity index (χ4n) is 2.74. The zero-order valence-electron chi connectivity index (χ0n) is 11.8. The Hall–Kier alpha value is -0.640. The lowest BCUT2D eigenvalue weighted by Crippen LogP contribution is -2.20. The van der Waals surface area contributed by atoms with Gasteiger partial charge in [0.1, 0.15) is 0 Å². The van der Waals surface area contributed by atoms with Crippen molar-refractivity contribution in [3.63, 3.8) is 0 Å². The molecule has 1 atom stereocenters. The van der Waals surface area contributed by atoms with E-state index < -0.39 is 0 Å². The summed E-state index contributed by atoms with van der Waals surface area (Å²) in [5.41, 5.74) is 1.12. The van der Waals surface area contributed by atoms with E-state index in [9.17, 15) is 0 Å². The molecule has 0 amide bonds. The minimum absolute atomic E-state index is 0.560. The van der Waals surface area contributed by atoms with Crippen LogP contribution < -0.4 is 5.32 Å². The van der Waals surface area contributed by atoms with E-state index in [1.807, 2.05) is 11.8 Å². The molecule has 0 bridgehead atoms. The fourth-order valence-corrected chi connectivity index (χ4v) is 3.52. The molecule has 0 saturated heterocycles. The van der Waals surface area contributed by atoms with Gasteiger partial charge in [0.2, 0.25) is 5.95 Å². The molecule has 1 aromatic heterocycles. The van der Waals surface area contributed by atoms with Crippen LogP contribution in [-0.2, 0) is 0 Å². The summed E-state index contributed by atoms with van der Waals surface area (Å²) in [4.78, 5) is 4.67. The molecule has 4 heteroatoms. The Kier molecular flexibility index (Phi) is 4.98. The molecule has 102 valence electrons. The first-order valence-corrected chi connectivity index (χ1v) is 8.45. The van der Waals surface area contributed by atoms with Gasteiger partial charge in [0.05, 0.1) is 5.69 Å². The maximum absolute atomic E-state index is 4.67. The maximum atomic E-state index is 4.67. The van der Waals surface area contributed by atoms with Gasteiger partial charge in [-0.15, -0.1) is 0 Å². The van der Waals surface area contributed by atoms with Gasteiger partial charge >= 0.3 is 0 Å². The highest BCUT2D eigenvalue weighted by Crippen LogP contribution is 2.26. The quantitative estimate of drug-likeness (QED) is 0.849. The molecule has 1 aliphatic carbocycles. The number of hydrogen-bond acceptors (Lipinski definition) is 3. The van der Waals surface area contributed by atoms with Crippen LogP contribution in [0.1, 0.15) is 50.8 Å². The van der Waals surface area contributed by atoms with Crippen molar-refractivity contribution in [1.82, 2.24) is 9.55 Å². The van der Waals surface area contributed by atoms with Crippen LogP contribution >= 0.6 is 11.8 Å². The molecule has 0 aliphatic heterocycles. The van der Waals surface area contributed by atoms with Gasteiger partial charge in [-0.3, -0.25) is 0 Å². The van der Waals surface area contributed by atoms with E-state index in [2.05, 4.69) is 41.2 Å². The van der Waals surface area contributed by atoms with E-state index in [1.54, 1.807) is 0 Å². The molecule has 1 N–H and O–H groups in total. The van der Waals surface area contributed by atoms with E-state index in [0.29, 0.717) is 12.1 Å². The SMILES string of the molecule is CCC(CSC)n1cc(C)nc1NC1CCCC1. The smallest absolute Gasteiger partial charge is 0.203 e. The summed E-state index contributed by atoms with van der Waals surface area (Å²) in [6.45, 7) is 4.34. The Morgan fingerprint density at radius 3 is 2.83 bits per heavy atom. The van der Waals surface area contributed by atoms with Crippen LogP contribution in [0, 0.1) is 6.92 Å². The second kappa shape index (κ2) is 6.50. The minimum Gasteiger partial charge on any atom is -0.353 e. The van der Waals surface area contributed by atoms with Crippen LogP contribution in [0.25, 0.3) is 0 Å². The fraction of sp³-hybridized carbons (Fsp3) is 0.786. The molecule has 18 heavy (non-hydrogen) atoms. The third kappa shape index (κ3) is 3.22. The molecule has 1 heterocycles. The molecule has 1 fully saturated rings. The van der Waals surface area contributed by atoms with Crippen molar-refractivity contribution in [3.8, 4) is 0 Å². The molecule has 1 saturated carbocycles. The molecule has 1 unspecified atom stereocenters. The second-order valence-electron chi connectivity index (χ2n) is 5.26. The third-order valence-electron chi connectivity index (χ3n) is 3.76. The molecule has 0 spiro atoms. The Balaban J connectivity index is 2.12. The summed E-state index contributed by atoms with van der Waals surface area (Å²) in [6.07, 6.45) is 10.9. The van der Waals surface area contributed by atoms with Gasteiger partial charge in [0.25, 0.3) is 0 Å². The normalized spacial score (nSPS) is 18.2. The number of rotatable bonds is 6. The number of nitrogens with zero attached hydrogens (tertiary/aromatic N) is 2. The van der Waals surface area contributed by atoms with Crippen molar-refractivity contribution in [3.05, 3.63) is 11.9 Å². The summed E-state index contributed by atoms with van der Waals surface area (Å²) in [6, 6.07) is 1.20. The van der Waals surface area contributed by atoms with E-state index in [-0.39, 0.29) is 0 Å². The van der Waals surface area contributed by atoms with E-state index >= 15 is 0 Å². The highest BCUT2D eigenvalue weighted by Gasteiger charge is 2.19. The molecule has 0 aromatic carbocycles. The lowest BCUT2D eigenvalue weighted by Gasteiger charge is -2.20. The average Bonchev–Trinajstić information content (AvgIpc) is 2.97. The van der Waals surface area contributed by atoms with Gasteiger partial charge in [-0.25, -0.2) is 4.98 Å². The Labute approximate surface area is 115 Å². The average molecular weight is 267 g/mol. The van der Waals surface area contributed by atoms with Gasteiger partial charge in [-0.1, -0.05) is 19.8 Å². The molecular formula is C14H25N3S. The Morgan fingerprint density at radius 1 is 1.50 bits per heavy atom. The summed E-state index contributed by atoms with van der Waals surface area (Å²) < 4.78 is 2.35. The van der Waals surface area contributed by atoms with Crippen molar-refractivity contribution >= 4 is 17.7 Å². The monoisotopic (exact) mass is 267 g/mol. The molecule has 3 nitrogen and oxygen atoms in total. The van der Waals surface area contributed by atoms with Gasteiger partial charge in [-0.05, 0) is 32.4 Å². The predicted molar refractivity (Wildman–Crippen MR) is 80.6 cm³/mol. The van der Waals surface area contributed by atoms with Gasteiger partial charge in [-0.2, -0.15) is 11.8 Å². The molecule has 2 rings (SSSR count). The zero-order chi connectivity index (χ0) is 13.0. The number of hydrogen-bond donors (Lipinski definition) is 1. The second-order valence-corrected chi connectivity index (χ2v) is 6.17. The first-order valence-electron chi connectivity index (χ1n) is 7.05. The van der Waals surface area contributed by atoms with Crippen LogP contribution in [0.5, 0.6) is 0 Å². The third-order valence-corrected chi connectivity index (χ3v) is 4.48. The van der Waals surface area contributed by atoms with Crippen LogP contribution in [-0.4, -0.2) is 27.6 Å². The number of nitrogens with one attached hydrogen (secondary N) is 1. The molecule has 1 aliphatic rings. The predicted octanol–water partition coefficient (Wildman–Crippen LogP) is 3.86. The Morgan fingerprint density at radius 2 is 2.22 bits per heavy atom. The lowest BCUT2D eigenvalue weighted by molar-refractivity contribution is 0.539. The first kappa shape index (κ1) is 13.8. The van der Waals surface area contributed by atoms with Crippen molar-refractivity contribution in [2.24, 2.45) is 0 Å². The number of aryl methyl sites for hydroxylation is 1. The van der Waals surface area contributed by atoms with E-state index in [4.69, 9.17) is 0 Å². The highest BCUT2D eigenvalue weighted by molar-refractivity contribution is 7.98. The van der Waals surface area contributed by atoms with E-state index in [1.165, 1.54) is 25.7 Å². The molecule has 1 aromatic rings. The summed E-state index contributed by atoms with van der Waals surface area (Å²) in [5.74, 6) is 2.24. The number of aromatic nitrogens is 2. The van der Waals surface area contributed by atoms with Crippen LogP contribution in [0.4, 0.5) is 5.95 Å². The van der Waals surface area contributed by atoms with Crippen LogP contribution in [0.2, 0.25) is 0 Å². The zero-order valence-corrected chi connectivity index (χ0v) is 12.6. The van der Waals surface area contributed by atoms with Crippen molar-refractivity contribution < 1.29 is 0 Å². The maximum Gasteiger partial charge on any atom is 0.203 e. The van der Waals surface area contributed by atoms with Crippen LogP contribution in [0.3, 0.4) is 0 Å². The largest absolute Gasteiger partial charge is 0.353 e. The molecule has 0 radical (unpaired) electrons.